The van der Waals surface area contributed by atoms with Crippen LogP contribution in [0.5, 0.6) is 0 Å². The number of benzene rings is 1. The average Bonchev–Trinajstić information content (AvgIpc) is 2.73. The van der Waals surface area contributed by atoms with Crippen LogP contribution in [0.2, 0.25) is 0 Å². The molecule has 1 N–H and O–H groups in total. The number of hydrogen-bond acceptors (Lipinski definition) is 2. The number of β-amino-alcohol motifs (C(OH)–C–C–N with tert-alkyl or cyclic N) is 1. The van der Waals surface area contributed by atoms with Gasteiger partial charge in [0, 0.05) is 18.8 Å². The molecule has 0 unspecified atom stereocenters. The zero-order valence-corrected chi connectivity index (χ0v) is 10.4. The van der Waals surface area contributed by atoms with Crippen LogP contribution >= 0.6 is 0 Å². The lowest BCUT2D eigenvalue weighted by molar-refractivity contribution is 0.0113. The van der Waals surface area contributed by atoms with E-state index in [1.807, 2.05) is 0 Å². The fourth-order valence-corrected chi connectivity index (χ4v) is 3.29. The predicted octanol–water partition coefficient (Wildman–Crippen LogP) is 2.74. The maximum atomic E-state index is 10.6. The van der Waals surface area contributed by atoms with E-state index in [9.17, 15) is 5.11 Å². The minimum Gasteiger partial charge on any atom is -0.388 e. The van der Waals surface area contributed by atoms with Crippen molar-refractivity contribution in [1.29, 1.82) is 0 Å². The Morgan fingerprint density at radius 2 is 1.88 bits per heavy atom. The third-order valence-corrected chi connectivity index (χ3v) is 4.25. The minimum absolute atomic E-state index is 0.435. The van der Waals surface area contributed by atoms with Gasteiger partial charge < -0.3 is 10.0 Å². The molecule has 1 heterocycles. The summed E-state index contributed by atoms with van der Waals surface area (Å²) in [6, 6.07) is 8.61. The first kappa shape index (κ1) is 11.1. The molecule has 3 rings (SSSR count). The molecule has 1 aliphatic carbocycles. The summed E-state index contributed by atoms with van der Waals surface area (Å²) in [4.78, 5) is 2.38. The van der Waals surface area contributed by atoms with Gasteiger partial charge in [0.05, 0.1) is 5.60 Å². The molecule has 2 heteroatoms. The molecule has 2 aliphatic rings. The Hall–Kier alpha value is -1.02. The third-order valence-electron chi connectivity index (χ3n) is 4.25. The van der Waals surface area contributed by atoms with E-state index < -0.39 is 5.60 Å². The van der Waals surface area contributed by atoms with Crippen molar-refractivity contribution < 1.29 is 5.11 Å². The molecule has 0 atom stereocenters. The van der Waals surface area contributed by atoms with Crippen LogP contribution in [-0.2, 0) is 6.42 Å². The van der Waals surface area contributed by atoms with E-state index in [2.05, 4.69) is 29.2 Å². The maximum absolute atomic E-state index is 10.6. The summed E-state index contributed by atoms with van der Waals surface area (Å²) < 4.78 is 0. The molecule has 0 saturated heterocycles. The van der Waals surface area contributed by atoms with E-state index in [0.717, 1.165) is 32.4 Å². The van der Waals surface area contributed by atoms with Crippen molar-refractivity contribution in [3.05, 3.63) is 29.8 Å². The summed E-state index contributed by atoms with van der Waals surface area (Å²) in [6.45, 7) is 1.89. The smallest absolute Gasteiger partial charge is 0.0821 e. The maximum Gasteiger partial charge on any atom is 0.0821 e. The van der Waals surface area contributed by atoms with Crippen LogP contribution in [0.25, 0.3) is 0 Å². The SMILES string of the molecule is OC1(CN2CCc3ccccc32)CCCCC1. The van der Waals surface area contributed by atoms with Crippen LogP contribution in [0.4, 0.5) is 5.69 Å². The molecule has 1 saturated carbocycles. The molecule has 92 valence electrons. The van der Waals surface area contributed by atoms with Gasteiger partial charge in [-0.3, -0.25) is 0 Å². The summed E-state index contributed by atoms with van der Waals surface area (Å²) in [5.41, 5.74) is 2.34. The van der Waals surface area contributed by atoms with Gasteiger partial charge in [0.15, 0.2) is 0 Å². The number of fused-ring (bicyclic) bond motifs is 1. The fourth-order valence-electron chi connectivity index (χ4n) is 3.29. The molecular formula is C15H21NO. The van der Waals surface area contributed by atoms with Crippen LogP contribution in [0.1, 0.15) is 37.7 Å². The Balaban J connectivity index is 1.74. The molecule has 0 bridgehead atoms. The predicted molar refractivity (Wildman–Crippen MR) is 70.4 cm³/mol. The molecule has 1 aromatic carbocycles. The van der Waals surface area contributed by atoms with Gasteiger partial charge in [0.1, 0.15) is 0 Å². The van der Waals surface area contributed by atoms with E-state index in [-0.39, 0.29) is 0 Å². The Bertz CT molecular complexity index is 396. The molecule has 17 heavy (non-hydrogen) atoms. The van der Waals surface area contributed by atoms with Crippen LogP contribution in [0, 0.1) is 0 Å². The molecule has 0 aromatic heterocycles. The highest BCUT2D eigenvalue weighted by Gasteiger charge is 2.33. The van der Waals surface area contributed by atoms with E-state index in [1.165, 1.54) is 30.5 Å². The van der Waals surface area contributed by atoms with Crippen molar-refractivity contribution in [2.45, 2.75) is 44.1 Å². The lowest BCUT2D eigenvalue weighted by Gasteiger charge is -2.36. The summed E-state index contributed by atoms with van der Waals surface area (Å²) in [6.07, 6.45) is 6.75. The Labute approximate surface area is 103 Å². The molecule has 1 aromatic rings. The number of nitrogens with zero attached hydrogens (tertiary/aromatic N) is 1. The fraction of sp³-hybridized carbons (Fsp3) is 0.600. The second-order valence-corrected chi connectivity index (χ2v) is 5.59. The van der Waals surface area contributed by atoms with E-state index in [0.29, 0.717) is 0 Å². The molecule has 2 nitrogen and oxygen atoms in total. The van der Waals surface area contributed by atoms with Gasteiger partial charge in [-0.2, -0.15) is 0 Å². The van der Waals surface area contributed by atoms with Crippen LogP contribution in [0.3, 0.4) is 0 Å². The first-order chi connectivity index (χ1) is 8.27. The zero-order valence-electron chi connectivity index (χ0n) is 10.4. The molecular weight excluding hydrogens is 210 g/mol. The highest BCUT2D eigenvalue weighted by molar-refractivity contribution is 5.58. The van der Waals surface area contributed by atoms with Crippen molar-refractivity contribution in [2.24, 2.45) is 0 Å². The van der Waals surface area contributed by atoms with Gasteiger partial charge in [-0.15, -0.1) is 0 Å². The molecule has 0 radical (unpaired) electrons. The van der Waals surface area contributed by atoms with Gasteiger partial charge in [-0.25, -0.2) is 0 Å². The summed E-state index contributed by atoms with van der Waals surface area (Å²) >= 11 is 0. The molecule has 0 amide bonds. The lowest BCUT2D eigenvalue weighted by Crippen LogP contribution is -2.44. The normalized spacial score (nSPS) is 22.5. The van der Waals surface area contributed by atoms with Crippen LogP contribution in [0.15, 0.2) is 24.3 Å². The van der Waals surface area contributed by atoms with Crippen molar-refractivity contribution in [3.63, 3.8) is 0 Å². The Morgan fingerprint density at radius 1 is 1.12 bits per heavy atom. The summed E-state index contributed by atoms with van der Waals surface area (Å²) in [7, 11) is 0. The monoisotopic (exact) mass is 231 g/mol. The third kappa shape index (κ3) is 2.19. The molecule has 1 aliphatic heterocycles. The van der Waals surface area contributed by atoms with E-state index in [4.69, 9.17) is 0 Å². The van der Waals surface area contributed by atoms with Crippen molar-refractivity contribution in [1.82, 2.24) is 0 Å². The standard InChI is InChI=1S/C15H21NO/c17-15(9-4-1-5-10-15)12-16-11-8-13-6-2-3-7-14(13)16/h2-3,6-7,17H,1,4-5,8-12H2. The van der Waals surface area contributed by atoms with Gasteiger partial charge in [0.2, 0.25) is 0 Å². The van der Waals surface area contributed by atoms with Crippen molar-refractivity contribution >= 4 is 5.69 Å². The minimum atomic E-state index is -0.435. The highest BCUT2D eigenvalue weighted by Crippen LogP contribution is 2.33. The quantitative estimate of drug-likeness (QED) is 0.846. The highest BCUT2D eigenvalue weighted by atomic mass is 16.3. The van der Waals surface area contributed by atoms with Gasteiger partial charge in [0.25, 0.3) is 0 Å². The first-order valence-electron chi connectivity index (χ1n) is 6.82. The molecule has 0 spiro atoms. The second-order valence-electron chi connectivity index (χ2n) is 5.59. The van der Waals surface area contributed by atoms with Crippen molar-refractivity contribution in [3.8, 4) is 0 Å². The Kier molecular flexibility index (Phi) is 2.83. The van der Waals surface area contributed by atoms with Gasteiger partial charge >= 0.3 is 0 Å². The second kappa shape index (κ2) is 4.34. The number of para-hydroxylation sites is 1. The van der Waals surface area contributed by atoms with Gasteiger partial charge in [-0.1, -0.05) is 37.5 Å². The Morgan fingerprint density at radius 3 is 2.71 bits per heavy atom. The van der Waals surface area contributed by atoms with Gasteiger partial charge in [-0.05, 0) is 30.9 Å². The lowest BCUT2D eigenvalue weighted by atomic mass is 9.84. The first-order valence-corrected chi connectivity index (χ1v) is 6.82. The van der Waals surface area contributed by atoms with Crippen molar-refractivity contribution in [2.75, 3.05) is 18.0 Å². The number of rotatable bonds is 2. The molecule has 1 fully saturated rings. The summed E-state index contributed by atoms with van der Waals surface area (Å²) in [5, 5.41) is 10.6. The zero-order chi connectivity index (χ0) is 11.7. The van der Waals surface area contributed by atoms with Crippen LogP contribution < -0.4 is 4.90 Å². The largest absolute Gasteiger partial charge is 0.388 e. The topological polar surface area (TPSA) is 23.5 Å². The average molecular weight is 231 g/mol. The number of anilines is 1. The summed E-state index contributed by atoms with van der Waals surface area (Å²) in [5.74, 6) is 0. The number of aliphatic hydroxyl groups is 1. The van der Waals surface area contributed by atoms with E-state index in [1.54, 1.807) is 0 Å². The number of hydrogen-bond donors (Lipinski definition) is 1. The van der Waals surface area contributed by atoms with E-state index >= 15 is 0 Å². The van der Waals surface area contributed by atoms with Crippen LogP contribution in [-0.4, -0.2) is 23.8 Å².